The molecule has 1 spiro atoms. The summed E-state index contributed by atoms with van der Waals surface area (Å²) in [6, 6.07) is 14.1. The zero-order valence-electron chi connectivity index (χ0n) is 13.5. The molecule has 0 radical (unpaired) electrons. The van der Waals surface area contributed by atoms with Crippen LogP contribution in [0.4, 0.5) is 8.78 Å². The van der Waals surface area contributed by atoms with Crippen molar-refractivity contribution in [2.24, 2.45) is 0 Å². The fourth-order valence-electron chi connectivity index (χ4n) is 3.69. The van der Waals surface area contributed by atoms with Gasteiger partial charge in [-0.05, 0) is 29.7 Å². The molecule has 25 heavy (non-hydrogen) atoms. The molecule has 1 saturated heterocycles. The van der Waals surface area contributed by atoms with Crippen molar-refractivity contribution in [2.45, 2.75) is 25.2 Å². The zero-order valence-corrected chi connectivity index (χ0v) is 13.5. The second kappa shape index (κ2) is 6.11. The number of amides is 1. The van der Waals surface area contributed by atoms with Crippen LogP contribution in [-0.2, 0) is 16.9 Å². The lowest BCUT2D eigenvalue weighted by molar-refractivity contribution is -0.0504. The van der Waals surface area contributed by atoms with Crippen molar-refractivity contribution in [3.8, 4) is 5.75 Å². The molecule has 4 rings (SSSR count). The topological polar surface area (TPSA) is 38.8 Å². The molecule has 2 aliphatic heterocycles. The number of hydrogen-bond acceptors (Lipinski definition) is 3. The largest absolute Gasteiger partial charge is 0.434 e. The first-order valence-electron chi connectivity index (χ1n) is 8.14. The zero-order chi connectivity index (χ0) is 17.4. The van der Waals surface area contributed by atoms with Gasteiger partial charge in [0.1, 0.15) is 11.4 Å². The minimum absolute atomic E-state index is 0.101. The van der Waals surface area contributed by atoms with Crippen molar-refractivity contribution in [3.63, 3.8) is 0 Å². The van der Waals surface area contributed by atoms with Crippen LogP contribution in [0.5, 0.6) is 5.75 Å². The van der Waals surface area contributed by atoms with Crippen molar-refractivity contribution >= 4 is 5.91 Å². The molecule has 1 fully saturated rings. The van der Waals surface area contributed by atoms with Gasteiger partial charge in [-0.3, -0.25) is 4.79 Å². The fourth-order valence-corrected chi connectivity index (χ4v) is 3.69. The summed E-state index contributed by atoms with van der Waals surface area (Å²) in [6.45, 7) is -1.52. The van der Waals surface area contributed by atoms with E-state index in [0.717, 1.165) is 11.1 Å². The van der Waals surface area contributed by atoms with Crippen molar-refractivity contribution in [1.29, 1.82) is 0 Å². The van der Waals surface area contributed by atoms with Gasteiger partial charge in [-0.25, -0.2) is 0 Å². The summed E-state index contributed by atoms with van der Waals surface area (Å²) >= 11 is 0. The van der Waals surface area contributed by atoms with Gasteiger partial charge in [0, 0.05) is 6.54 Å². The molecule has 0 aliphatic carbocycles. The number of rotatable bonds is 3. The maximum Gasteiger partial charge on any atom is 0.387 e. The van der Waals surface area contributed by atoms with E-state index in [4.69, 9.17) is 4.74 Å². The molecule has 130 valence electrons. The van der Waals surface area contributed by atoms with Gasteiger partial charge in [0.25, 0.3) is 5.91 Å². The van der Waals surface area contributed by atoms with Crippen LogP contribution in [0.15, 0.2) is 48.5 Å². The van der Waals surface area contributed by atoms with Gasteiger partial charge in [0.15, 0.2) is 0 Å². The Morgan fingerprint density at radius 1 is 1.16 bits per heavy atom. The first kappa shape index (κ1) is 16.0. The molecule has 0 saturated carbocycles. The quantitative estimate of drug-likeness (QED) is 0.854. The molecule has 2 aromatic rings. The molecular formula is C19H17F2NO3. The van der Waals surface area contributed by atoms with E-state index in [1.54, 1.807) is 17.0 Å². The van der Waals surface area contributed by atoms with Gasteiger partial charge in [-0.1, -0.05) is 36.4 Å². The van der Waals surface area contributed by atoms with Crippen LogP contribution in [0.25, 0.3) is 0 Å². The standard InChI is InChI=1S/C19H17F2NO3/c20-18(21)25-16-8-4-2-6-14(16)17(23)22-10-9-19(12-22)15-7-3-1-5-13(15)11-24-19/h1-8,18H,9-12H2. The Balaban J connectivity index is 1.58. The van der Waals surface area contributed by atoms with Gasteiger partial charge in [-0.15, -0.1) is 0 Å². The summed E-state index contributed by atoms with van der Waals surface area (Å²) < 4.78 is 35.7. The van der Waals surface area contributed by atoms with E-state index in [1.807, 2.05) is 24.3 Å². The first-order chi connectivity index (χ1) is 12.1. The van der Waals surface area contributed by atoms with E-state index >= 15 is 0 Å². The van der Waals surface area contributed by atoms with Gasteiger partial charge >= 0.3 is 6.61 Å². The highest BCUT2D eigenvalue weighted by atomic mass is 19.3. The minimum atomic E-state index is -2.97. The van der Waals surface area contributed by atoms with E-state index in [0.29, 0.717) is 26.1 Å². The summed E-state index contributed by atoms with van der Waals surface area (Å²) in [4.78, 5) is 14.5. The summed E-state index contributed by atoms with van der Waals surface area (Å²) in [7, 11) is 0. The van der Waals surface area contributed by atoms with Crippen LogP contribution in [-0.4, -0.2) is 30.5 Å². The molecule has 0 aromatic heterocycles. The summed E-state index contributed by atoms with van der Waals surface area (Å²) in [6.07, 6.45) is 0.688. The van der Waals surface area contributed by atoms with E-state index < -0.39 is 12.2 Å². The van der Waals surface area contributed by atoms with Crippen LogP contribution in [0.2, 0.25) is 0 Å². The predicted octanol–water partition coefficient (Wildman–Crippen LogP) is 3.56. The number of fused-ring (bicyclic) bond motifs is 2. The molecule has 6 heteroatoms. The molecule has 0 bridgehead atoms. The number of nitrogens with zero attached hydrogens (tertiary/aromatic N) is 1. The lowest BCUT2D eigenvalue weighted by Crippen LogP contribution is -2.34. The molecule has 2 aromatic carbocycles. The van der Waals surface area contributed by atoms with Crippen LogP contribution < -0.4 is 4.74 Å². The lowest BCUT2D eigenvalue weighted by atomic mass is 9.92. The average molecular weight is 345 g/mol. The fraction of sp³-hybridized carbons (Fsp3) is 0.316. The molecule has 4 nitrogen and oxygen atoms in total. The average Bonchev–Trinajstić information content (AvgIpc) is 3.20. The molecule has 2 aliphatic rings. The summed E-state index contributed by atoms with van der Waals surface area (Å²) in [5, 5.41) is 0. The van der Waals surface area contributed by atoms with Crippen molar-refractivity contribution in [3.05, 3.63) is 65.2 Å². The number of ether oxygens (including phenoxy) is 2. The molecule has 1 unspecified atom stereocenters. The van der Waals surface area contributed by atoms with Crippen LogP contribution in [0.3, 0.4) is 0 Å². The van der Waals surface area contributed by atoms with Crippen molar-refractivity contribution < 1.29 is 23.0 Å². The monoisotopic (exact) mass is 345 g/mol. The SMILES string of the molecule is O=C(c1ccccc1OC(F)F)N1CCC2(C1)OCc1ccccc12. The van der Waals surface area contributed by atoms with Crippen LogP contribution >= 0.6 is 0 Å². The molecule has 0 N–H and O–H groups in total. The number of carbonyl (C=O) groups excluding carboxylic acids is 1. The number of hydrogen-bond donors (Lipinski definition) is 0. The number of benzene rings is 2. The molecular weight excluding hydrogens is 328 g/mol. The summed E-state index contributed by atoms with van der Waals surface area (Å²) in [5.41, 5.74) is 1.90. The Morgan fingerprint density at radius 3 is 2.76 bits per heavy atom. The van der Waals surface area contributed by atoms with Gasteiger partial charge < -0.3 is 14.4 Å². The van der Waals surface area contributed by atoms with E-state index in [-0.39, 0.29) is 17.2 Å². The van der Waals surface area contributed by atoms with Crippen molar-refractivity contribution in [2.75, 3.05) is 13.1 Å². The third kappa shape index (κ3) is 2.76. The Hall–Kier alpha value is -2.47. The summed E-state index contributed by atoms with van der Waals surface area (Å²) in [5.74, 6) is -0.419. The minimum Gasteiger partial charge on any atom is -0.434 e. The maximum absolute atomic E-state index is 12.8. The highest BCUT2D eigenvalue weighted by Gasteiger charge is 2.47. The van der Waals surface area contributed by atoms with Crippen molar-refractivity contribution in [1.82, 2.24) is 4.90 Å². The second-order valence-electron chi connectivity index (χ2n) is 6.29. The Labute approximate surface area is 144 Å². The molecule has 2 heterocycles. The Bertz CT molecular complexity index is 811. The predicted molar refractivity (Wildman–Crippen MR) is 86.5 cm³/mol. The number of alkyl halides is 2. The third-order valence-corrected chi connectivity index (χ3v) is 4.86. The number of halogens is 2. The van der Waals surface area contributed by atoms with Crippen LogP contribution in [0.1, 0.15) is 27.9 Å². The smallest absolute Gasteiger partial charge is 0.387 e. The highest BCUT2D eigenvalue weighted by molar-refractivity contribution is 5.97. The van der Waals surface area contributed by atoms with E-state index in [1.165, 1.54) is 12.1 Å². The highest BCUT2D eigenvalue weighted by Crippen LogP contribution is 2.43. The molecule has 1 amide bonds. The van der Waals surface area contributed by atoms with Gasteiger partial charge in [0.05, 0.1) is 18.7 Å². The van der Waals surface area contributed by atoms with E-state index in [2.05, 4.69) is 4.74 Å². The Kier molecular flexibility index (Phi) is 3.92. The first-order valence-corrected chi connectivity index (χ1v) is 8.14. The van der Waals surface area contributed by atoms with Gasteiger partial charge in [-0.2, -0.15) is 8.78 Å². The number of likely N-dealkylation sites (tertiary alicyclic amines) is 1. The molecule has 1 atom stereocenters. The van der Waals surface area contributed by atoms with Crippen LogP contribution in [0, 0.1) is 0 Å². The normalized spacial score (nSPS) is 21.8. The second-order valence-corrected chi connectivity index (χ2v) is 6.29. The van der Waals surface area contributed by atoms with E-state index in [9.17, 15) is 13.6 Å². The lowest BCUT2D eigenvalue weighted by Gasteiger charge is -2.25. The maximum atomic E-state index is 12.8. The van der Waals surface area contributed by atoms with Gasteiger partial charge in [0.2, 0.25) is 0 Å². The Morgan fingerprint density at radius 2 is 1.92 bits per heavy atom. The third-order valence-electron chi connectivity index (χ3n) is 4.86. The number of para-hydroxylation sites is 1. The number of carbonyl (C=O) groups is 1.